The summed E-state index contributed by atoms with van der Waals surface area (Å²) in [5.41, 5.74) is 0.567. The monoisotopic (exact) mass is 252 g/mol. The van der Waals surface area contributed by atoms with E-state index in [0.717, 1.165) is 32.2 Å². The van der Waals surface area contributed by atoms with E-state index in [4.69, 9.17) is 0 Å². The van der Waals surface area contributed by atoms with E-state index < -0.39 is 0 Å². The van der Waals surface area contributed by atoms with Gasteiger partial charge in [0.2, 0.25) is 0 Å². The third-order valence-corrected chi connectivity index (χ3v) is 3.48. The third kappa shape index (κ3) is 4.37. The molecule has 0 fully saturated rings. The number of pyridine rings is 1. The van der Waals surface area contributed by atoms with Crippen LogP contribution in [0.3, 0.4) is 0 Å². The van der Waals surface area contributed by atoms with Crippen molar-refractivity contribution < 1.29 is 4.39 Å². The van der Waals surface area contributed by atoms with Gasteiger partial charge in [0.1, 0.15) is 5.82 Å². The van der Waals surface area contributed by atoms with Crippen molar-refractivity contribution in [2.45, 2.75) is 52.5 Å². The summed E-state index contributed by atoms with van der Waals surface area (Å²) >= 11 is 0. The lowest BCUT2D eigenvalue weighted by molar-refractivity contribution is 0.358. The van der Waals surface area contributed by atoms with Crippen LogP contribution in [-0.4, -0.2) is 11.5 Å². The minimum Gasteiger partial charge on any atom is -0.309 e. The summed E-state index contributed by atoms with van der Waals surface area (Å²) in [5, 5.41) is 3.42. The van der Waals surface area contributed by atoms with E-state index >= 15 is 0 Å². The quantitative estimate of drug-likeness (QED) is 0.754. The number of halogens is 1. The topological polar surface area (TPSA) is 24.9 Å². The molecule has 1 atom stereocenters. The number of hydrogen-bond donors (Lipinski definition) is 1. The summed E-state index contributed by atoms with van der Waals surface area (Å²) in [7, 11) is 0. The average molecular weight is 252 g/mol. The van der Waals surface area contributed by atoms with Crippen molar-refractivity contribution in [1.29, 1.82) is 0 Å². The smallest absolute Gasteiger partial charge is 0.146 e. The SMILES string of the molecule is CCCNC(CC(CC)CC)c1ncccc1F. The van der Waals surface area contributed by atoms with Crippen LogP contribution in [-0.2, 0) is 0 Å². The average Bonchev–Trinajstić information content (AvgIpc) is 2.40. The molecule has 1 N–H and O–H groups in total. The highest BCUT2D eigenvalue weighted by molar-refractivity contribution is 5.11. The number of rotatable bonds is 8. The second-order valence-electron chi connectivity index (χ2n) is 4.80. The van der Waals surface area contributed by atoms with Gasteiger partial charge in [-0.05, 0) is 37.4 Å². The summed E-state index contributed by atoms with van der Waals surface area (Å²) < 4.78 is 13.8. The van der Waals surface area contributed by atoms with E-state index in [2.05, 4.69) is 31.1 Å². The van der Waals surface area contributed by atoms with Crippen molar-refractivity contribution in [2.75, 3.05) is 6.54 Å². The van der Waals surface area contributed by atoms with Crippen molar-refractivity contribution in [1.82, 2.24) is 10.3 Å². The molecular formula is C15H25FN2. The summed E-state index contributed by atoms with van der Waals surface area (Å²) in [4.78, 5) is 4.22. The van der Waals surface area contributed by atoms with Crippen molar-refractivity contribution in [3.63, 3.8) is 0 Å². The molecule has 0 amide bonds. The standard InChI is InChI=1S/C15H25FN2/c1-4-9-17-14(11-12(5-2)6-3)15-13(16)8-7-10-18-15/h7-8,10,12,14,17H,4-6,9,11H2,1-3H3. The van der Waals surface area contributed by atoms with Crippen LogP contribution in [0.4, 0.5) is 4.39 Å². The van der Waals surface area contributed by atoms with E-state index in [1.807, 2.05) is 0 Å². The molecule has 1 unspecified atom stereocenters. The van der Waals surface area contributed by atoms with E-state index in [0.29, 0.717) is 11.6 Å². The van der Waals surface area contributed by atoms with Gasteiger partial charge in [0, 0.05) is 6.20 Å². The number of hydrogen-bond acceptors (Lipinski definition) is 2. The maximum atomic E-state index is 13.8. The van der Waals surface area contributed by atoms with Crippen LogP contribution in [0.2, 0.25) is 0 Å². The first kappa shape index (κ1) is 15.1. The van der Waals surface area contributed by atoms with Gasteiger partial charge >= 0.3 is 0 Å². The highest BCUT2D eigenvalue weighted by Gasteiger charge is 2.19. The van der Waals surface area contributed by atoms with Crippen molar-refractivity contribution in [2.24, 2.45) is 5.92 Å². The second kappa shape index (κ2) is 8.20. The predicted octanol–water partition coefficient (Wildman–Crippen LogP) is 4.09. The van der Waals surface area contributed by atoms with E-state index in [1.54, 1.807) is 12.3 Å². The van der Waals surface area contributed by atoms with Crippen LogP contribution in [0, 0.1) is 11.7 Å². The lowest BCUT2D eigenvalue weighted by Gasteiger charge is -2.23. The lowest BCUT2D eigenvalue weighted by Crippen LogP contribution is -2.26. The zero-order valence-electron chi connectivity index (χ0n) is 11.7. The maximum absolute atomic E-state index is 13.8. The van der Waals surface area contributed by atoms with Crippen molar-refractivity contribution in [3.8, 4) is 0 Å². The molecule has 0 bridgehead atoms. The van der Waals surface area contributed by atoms with Crippen molar-refractivity contribution >= 4 is 0 Å². The third-order valence-electron chi connectivity index (χ3n) is 3.48. The zero-order chi connectivity index (χ0) is 13.4. The molecule has 0 radical (unpaired) electrons. The highest BCUT2D eigenvalue weighted by Crippen LogP contribution is 2.25. The molecule has 0 aliphatic heterocycles. The molecule has 102 valence electrons. The van der Waals surface area contributed by atoms with Crippen LogP contribution in [0.1, 0.15) is 58.2 Å². The van der Waals surface area contributed by atoms with Gasteiger partial charge in [-0.2, -0.15) is 0 Å². The van der Waals surface area contributed by atoms with E-state index in [9.17, 15) is 4.39 Å². The minimum atomic E-state index is -0.197. The molecular weight excluding hydrogens is 227 g/mol. The van der Waals surface area contributed by atoms with Crippen LogP contribution in [0.5, 0.6) is 0 Å². The fourth-order valence-corrected chi connectivity index (χ4v) is 2.22. The minimum absolute atomic E-state index is 0.0380. The van der Waals surface area contributed by atoms with Gasteiger partial charge in [-0.15, -0.1) is 0 Å². The highest BCUT2D eigenvalue weighted by atomic mass is 19.1. The molecule has 0 aliphatic carbocycles. The molecule has 0 aliphatic rings. The van der Waals surface area contributed by atoms with Crippen LogP contribution < -0.4 is 5.32 Å². The van der Waals surface area contributed by atoms with Gasteiger partial charge in [0.25, 0.3) is 0 Å². The Morgan fingerprint density at radius 1 is 1.28 bits per heavy atom. The van der Waals surface area contributed by atoms with Gasteiger partial charge in [-0.1, -0.05) is 33.6 Å². The molecule has 0 saturated carbocycles. The normalized spacial score (nSPS) is 12.9. The Kier molecular flexibility index (Phi) is 6.88. The van der Waals surface area contributed by atoms with Gasteiger partial charge in [0.05, 0.1) is 11.7 Å². The fourth-order valence-electron chi connectivity index (χ4n) is 2.22. The molecule has 18 heavy (non-hydrogen) atoms. The van der Waals surface area contributed by atoms with Crippen molar-refractivity contribution in [3.05, 3.63) is 29.8 Å². The first-order valence-electron chi connectivity index (χ1n) is 7.06. The maximum Gasteiger partial charge on any atom is 0.146 e. The largest absolute Gasteiger partial charge is 0.309 e. The van der Waals surface area contributed by atoms with Crippen LogP contribution >= 0.6 is 0 Å². The van der Waals surface area contributed by atoms with Gasteiger partial charge in [0.15, 0.2) is 0 Å². The summed E-state index contributed by atoms with van der Waals surface area (Å²) in [6.45, 7) is 7.41. The Morgan fingerprint density at radius 2 is 2.00 bits per heavy atom. The molecule has 2 nitrogen and oxygen atoms in total. The molecule has 0 aromatic carbocycles. The Labute approximate surface area is 110 Å². The van der Waals surface area contributed by atoms with Gasteiger partial charge in [-0.25, -0.2) is 4.39 Å². The molecule has 1 rings (SSSR count). The molecule has 0 spiro atoms. The fraction of sp³-hybridized carbons (Fsp3) is 0.667. The first-order chi connectivity index (χ1) is 8.72. The zero-order valence-corrected chi connectivity index (χ0v) is 11.7. The summed E-state index contributed by atoms with van der Waals surface area (Å²) in [5.74, 6) is 0.429. The molecule has 1 aromatic heterocycles. The van der Waals surface area contributed by atoms with Crippen LogP contribution in [0.15, 0.2) is 18.3 Å². The number of aromatic nitrogens is 1. The lowest BCUT2D eigenvalue weighted by atomic mass is 9.93. The molecule has 1 heterocycles. The Hall–Kier alpha value is -0.960. The molecule has 3 heteroatoms. The first-order valence-corrected chi connectivity index (χ1v) is 7.06. The Bertz CT molecular complexity index is 337. The Balaban J connectivity index is 2.80. The Morgan fingerprint density at radius 3 is 2.56 bits per heavy atom. The van der Waals surface area contributed by atoms with Crippen LogP contribution in [0.25, 0.3) is 0 Å². The van der Waals surface area contributed by atoms with Gasteiger partial charge < -0.3 is 5.32 Å². The number of nitrogens with one attached hydrogen (secondary N) is 1. The summed E-state index contributed by atoms with van der Waals surface area (Å²) in [6.07, 6.45) is 5.95. The van der Waals surface area contributed by atoms with Gasteiger partial charge in [-0.3, -0.25) is 4.98 Å². The van der Waals surface area contributed by atoms with E-state index in [-0.39, 0.29) is 11.9 Å². The van der Waals surface area contributed by atoms with E-state index in [1.165, 1.54) is 6.07 Å². The number of nitrogens with zero attached hydrogens (tertiary/aromatic N) is 1. The predicted molar refractivity (Wildman–Crippen MR) is 73.9 cm³/mol. The molecule has 0 saturated heterocycles. The summed E-state index contributed by atoms with van der Waals surface area (Å²) in [6, 6.07) is 3.18. The second-order valence-corrected chi connectivity index (χ2v) is 4.80. The molecule has 1 aromatic rings.